The summed E-state index contributed by atoms with van der Waals surface area (Å²) < 4.78 is 51.9. The van der Waals surface area contributed by atoms with Gasteiger partial charge < -0.3 is 25.5 Å². The third-order valence-corrected chi connectivity index (χ3v) is 10.1. The van der Waals surface area contributed by atoms with E-state index in [0.717, 1.165) is 30.7 Å². The predicted octanol–water partition coefficient (Wildman–Crippen LogP) is 7.65. The van der Waals surface area contributed by atoms with Crippen LogP contribution >= 0.6 is 0 Å². The summed E-state index contributed by atoms with van der Waals surface area (Å²) in [5.74, 6) is -7.55. The van der Waals surface area contributed by atoms with Gasteiger partial charge in [0.05, 0.1) is 45.0 Å². The van der Waals surface area contributed by atoms with E-state index in [2.05, 4.69) is 26.3 Å². The lowest BCUT2D eigenvalue weighted by Crippen LogP contribution is -2.34. The first-order valence-electron chi connectivity index (χ1n) is 19.7. The molecule has 9 rings (SSSR count). The van der Waals surface area contributed by atoms with Gasteiger partial charge in [-0.2, -0.15) is 5.26 Å². The largest absolute Gasteiger partial charge is 0.478 e. The second-order valence-electron chi connectivity index (χ2n) is 14.4. The zero-order chi connectivity index (χ0) is 48.5. The summed E-state index contributed by atoms with van der Waals surface area (Å²) in [5.41, 5.74) is 1.40. The van der Waals surface area contributed by atoms with E-state index in [1.165, 1.54) is 78.0 Å². The van der Waals surface area contributed by atoms with Crippen LogP contribution in [0.5, 0.6) is 0 Å². The van der Waals surface area contributed by atoms with E-state index in [0.29, 0.717) is 46.0 Å². The molecular weight excluding hydrogens is 885 g/mol. The number of amides is 2. The standard InChI is InChI=1S/C18H16FN3O2.C11H6FNO4.C10H6FNO2.C8H4FNO2/c19-12-3-4-16-15(10-12)14(7-8-21-16)17(23)5-6-18(24)22-9-1-2-13(22)11-20;12-5-1-2-8-6(3-5)7(10(14)15)4-9(13-8)11(16)17;11-6-1-2-9-8(5-6)7(10(13)14)3-4-12-9;9-4-1-2-6-5(3-4)7(11)8(12)10-6/h3-4,7-8,10,13H,1-2,5-6,9H2;1-4H,(H,14,15)(H,16,17);1-5H,(H,13,14);1-3H,(H,10,11,12)/t13-;;;/m0.../s1. The van der Waals surface area contributed by atoms with Crippen LogP contribution in [-0.4, -0.2) is 89.0 Å². The molecule has 2 aliphatic heterocycles. The minimum absolute atomic E-state index is 0.0309. The van der Waals surface area contributed by atoms with Crippen LogP contribution in [0.4, 0.5) is 23.2 Å². The van der Waals surface area contributed by atoms with Crippen molar-refractivity contribution in [2.24, 2.45) is 0 Å². The third-order valence-electron chi connectivity index (χ3n) is 10.1. The van der Waals surface area contributed by atoms with Crippen molar-refractivity contribution < 1.29 is 66.4 Å². The first kappa shape index (κ1) is 47.5. The van der Waals surface area contributed by atoms with Crippen molar-refractivity contribution in [3.8, 4) is 6.07 Å². The summed E-state index contributed by atoms with van der Waals surface area (Å²) in [6.07, 6.45) is 4.47. The number of pyridine rings is 3. The number of carboxylic acids is 3. The average molecular weight is 917 g/mol. The number of halogens is 4. The number of carbonyl (C=O) groups is 7. The predicted molar refractivity (Wildman–Crippen MR) is 229 cm³/mol. The molecule has 1 fully saturated rings. The maximum Gasteiger partial charge on any atom is 0.354 e. The maximum absolute atomic E-state index is 13.5. The van der Waals surface area contributed by atoms with Gasteiger partial charge in [-0.1, -0.05) is 0 Å². The van der Waals surface area contributed by atoms with Crippen LogP contribution in [0.1, 0.15) is 77.6 Å². The first-order chi connectivity index (χ1) is 31.9. The molecule has 3 aromatic heterocycles. The lowest BCUT2D eigenvalue weighted by atomic mass is 10.0. The number of carbonyl (C=O) groups excluding carboxylic acids is 4. The van der Waals surface area contributed by atoms with Crippen molar-refractivity contribution >= 4 is 79.7 Å². The van der Waals surface area contributed by atoms with Crippen LogP contribution in [0, 0.1) is 34.6 Å². The van der Waals surface area contributed by atoms with Crippen LogP contribution in [0.3, 0.4) is 0 Å². The Morgan fingerprint density at radius 3 is 1.75 bits per heavy atom. The highest BCUT2D eigenvalue weighted by molar-refractivity contribution is 6.51. The Hall–Kier alpha value is -8.99. The lowest BCUT2D eigenvalue weighted by Gasteiger charge is -2.19. The number of carboxylic acid groups (broad SMARTS) is 3. The Balaban J connectivity index is 0.000000153. The molecule has 4 N–H and O–H groups in total. The topological polar surface area (TPSA) is 258 Å². The minimum atomic E-state index is -1.33. The van der Waals surface area contributed by atoms with Gasteiger partial charge >= 0.3 is 17.9 Å². The Morgan fingerprint density at radius 2 is 1.18 bits per heavy atom. The van der Waals surface area contributed by atoms with Crippen molar-refractivity contribution in [1.82, 2.24) is 19.9 Å². The molecule has 2 aliphatic rings. The second-order valence-corrected chi connectivity index (χ2v) is 14.4. The molecule has 16 nitrogen and oxygen atoms in total. The summed E-state index contributed by atoms with van der Waals surface area (Å²) in [7, 11) is 0. The van der Waals surface area contributed by atoms with E-state index in [4.69, 9.17) is 20.6 Å². The summed E-state index contributed by atoms with van der Waals surface area (Å²) in [6.45, 7) is 0.564. The van der Waals surface area contributed by atoms with Crippen molar-refractivity contribution in [3.63, 3.8) is 0 Å². The molecule has 0 unspecified atom stereocenters. The van der Waals surface area contributed by atoms with Gasteiger partial charge in [0.2, 0.25) is 5.91 Å². The second kappa shape index (κ2) is 20.7. The number of likely N-dealkylation sites (tertiary alicyclic amines) is 1. The summed E-state index contributed by atoms with van der Waals surface area (Å²) >= 11 is 0. The van der Waals surface area contributed by atoms with Gasteiger partial charge in [0.15, 0.2) is 5.78 Å². The maximum atomic E-state index is 13.5. The highest BCUT2D eigenvalue weighted by atomic mass is 19.1. The van der Waals surface area contributed by atoms with Crippen LogP contribution in [0.25, 0.3) is 32.7 Å². The Morgan fingerprint density at radius 1 is 0.657 bits per heavy atom. The van der Waals surface area contributed by atoms with Gasteiger partial charge in [0.1, 0.15) is 35.0 Å². The molecular formula is C47H32F4N6O10. The number of aromatic carboxylic acids is 3. The van der Waals surface area contributed by atoms with Crippen molar-refractivity contribution in [2.75, 3.05) is 11.9 Å². The van der Waals surface area contributed by atoms with E-state index in [1.807, 2.05) is 0 Å². The molecule has 5 heterocycles. The summed E-state index contributed by atoms with van der Waals surface area (Å²) in [4.78, 5) is 92.2. The molecule has 20 heteroatoms. The molecule has 67 heavy (non-hydrogen) atoms. The molecule has 1 saturated heterocycles. The number of fused-ring (bicyclic) bond motifs is 4. The molecule has 0 aliphatic carbocycles. The van der Waals surface area contributed by atoms with Gasteiger partial charge in [-0.15, -0.1) is 0 Å². The number of nitrogens with zero attached hydrogens (tertiary/aromatic N) is 5. The zero-order valence-corrected chi connectivity index (χ0v) is 34.4. The normalized spacial score (nSPS) is 13.5. The number of benzene rings is 4. The van der Waals surface area contributed by atoms with Crippen LogP contribution in [-0.2, 0) is 9.59 Å². The molecule has 2 amide bonds. The van der Waals surface area contributed by atoms with E-state index in [1.54, 1.807) is 6.07 Å². The fraction of sp³-hybridized carbons (Fsp3) is 0.128. The number of aromatic nitrogens is 3. The quantitative estimate of drug-likeness (QED) is 0.0680. The molecule has 7 aromatic rings. The number of nitriles is 1. The van der Waals surface area contributed by atoms with Gasteiger partial charge in [-0.05, 0) is 104 Å². The Labute approximate surface area is 374 Å². The molecule has 338 valence electrons. The lowest BCUT2D eigenvalue weighted by molar-refractivity contribution is -0.131. The van der Waals surface area contributed by atoms with E-state index in [9.17, 15) is 51.1 Å². The number of hydrogen-bond donors (Lipinski definition) is 4. The third kappa shape index (κ3) is 11.2. The van der Waals surface area contributed by atoms with Crippen LogP contribution < -0.4 is 5.32 Å². The Bertz CT molecular complexity index is 3220. The monoisotopic (exact) mass is 916 g/mol. The highest BCUT2D eigenvalue weighted by Gasteiger charge is 2.29. The van der Waals surface area contributed by atoms with Gasteiger partial charge in [-0.3, -0.25) is 29.1 Å². The fourth-order valence-corrected chi connectivity index (χ4v) is 6.96. The van der Waals surface area contributed by atoms with E-state index < -0.39 is 52.9 Å². The van der Waals surface area contributed by atoms with Gasteiger partial charge in [0, 0.05) is 53.5 Å². The summed E-state index contributed by atoms with van der Waals surface area (Å²) in [5, 5.41) is 38.7. The van der Waals surface area contributed by atoms with Crippen molar-refractivity contribution in [3.05, 3.63) is 155 Å². The highest BCUT2D eigenvalue weighted by Crippen LogP contribution is 2.25. The number of nitrogens with one attached hydrogen (secondary N) is 1. The molecule has 0 bridgehead atoms. The molecule has 0 spiro atoms. The van der Waals surface area contributed by atoms with Crippen LogP contribution in [0.2, 0.25) is 0 Å². The average Bonchev–Trinajstić information content (AvgIpc) is 3.90. The molecule has 0 radical (unpaired) electrons. The number of Topliss-reactive ketones (excluding diaryl/α,β-unsaturated/α-hetero) is 2. The first-order valence-corrected chi connectivity index (χ1v) is 19.7. The number of rotatable bonds is 7. The molecule has 0 saturated carbocycles. The number of ketones is 2. The van der Waals surface area contributed by atoms with Gasteiger partial charge in [0.25, 0.3) is 11.7 Å². The van der Waals surface area contributed by atoms with E-state index in [-0.39, 0.29) is 63.9 Å². The van der Waals surface area contributed by atoms with Crippen molar-refractivity contribution in [2.45, 2.75) is 31.7 Å². The van der Waals surface area contributed by atoms with E-state index >= 15 is 0 Å². The van der Waals surface area contributed by atoms with Crippen molar-refractivity contribution in [1.29, 1.82) is 5.26 Å². The van der Waals surface area contributed by atoms with Crippen LogP contribution in [0.15, 0.2) is 103 Å². The molecule has 1 atom stereocenters. The Kier molecular flexibility index (Phi) is 14.7. The number of anilines is 1. The fourth-order valence-electron chi connectivity index (χ4n) is 6.96. The number of hydrogen-bond acceptors (Lipinski definition) is 11. The molecule has 4 aromatic carbocycles. The zero-order valence-electron chi connectivity index (χ0n) is 34.4. The van der Waals surface area contributed by atoms with Gasteiger partial charge in [-0.25, -0.2) is 36.9 Å². The smallest absolute Gasteiger partial charge is 0.354 e. The SMILES string of the molecule is N#C[C@@H]1CCCN1C(=O)CCC(=O)c1ccnc2ccc(F)cc12.O=C(O)c1cc(C(=O)O)c2cc(F)ccc2n1.O=C(O)c1ccnc2ccc(F)cc12.O=C1Nc2ccc(F)cc2C1=O. The minimum Gasteiger partial charge on any atom is -0.478 e. The summed E-state index contributed by atoms with van der Waals surface area (Å²) in [6, 6.07) is 20.5.